The summed E-state index contributed by atoms with van der Waals surface area (Å²) in [4.78, 5) is 2.34. The maximum absolute atomic E-state index is 10.3. The molecule has 3 nitrogen and oxygen atoms in total. The highest BCUT2D eigenvalue weighted by atomic mass is 16.3. The number of nitrogens with zero attached hydrogens (tertiary/aromatic N) is 1. The van der Waals surface area contributed by atoms with Crippen LogP contribution < -0.4 is 5.73 Å². The van der Waals surface area contributed by atoms with E-state index in [1.54, 1.807) is 0 Å². The van der Waals surface area contributed by atoms with E-state index in [-0.39, 0.29) is 0 Å². The Morgan fingerprint density at radius 1 is 1.39 bits per heavy atom. The van der Waals surface area contributed by atoms with Crippen LogP contribution in [0.2, 0.25) is 0 Å². The summed E-state index contributed by atoms with van der Waals surface area (Å²) in [6.45, 7) is 4.71. The van der Waals surface area contributed by atoms with Gasteiger partial charge in [-0.3, -0.25) is 4.90 Å². The summed E-state index contributed by atoms with van der Waals surface area (Å²) < 4.78 is 0. The molecule has 1 heterocycles. The molecule has 3 heteroatoms. The molecule has 18 heavy (non-hydrogen) atoms. The van der Waals surface area contributed by atoms with Crippen molar-refractivity contribution in [3.8, 4) is 0 Å². The van der Waals surface area contributed by atoms with Crippen LogP contribution in [0.15, 0.2) is 30.3 Å². The van der Waals surface area contributed by atoms with Gasteiger partial charge in [-0.15, -0.1) is 0 Å². The molecule has 3 atom stereocenters. The average molecular weight is 248 g/mol. The molecular weight excluding hydrogens is 224 g/mol. The summed E-state index contributed by atoms with van der Waals surface area (Å²) in [5, 5.41) is 10.3. The lowest BCUT2D eigenvalue weighted by molar-refractivity contribution is 0.0565. The van der Waals surface area contributed by atoms with Gasteiger partial charge in [-0.1, -0.05) is 37.3 Å². The van der Waals surface area contributed by atoms with Crippen molar-refractivity contribution in [3.05, 3.63) is 35.9 Å². The standard InChI is InChI=1S/C15H24N2O/c1-12-7-8-17(14(9-12)10-16)11-15(18)13-5-3-2-4-6-13/h2-6,12,14-15,18H,7-11,16H2,1H3. The number of aliphatic hydroxyl groups is 1. The molecule has 1 aliphatic heterocycles. The molecule has 0 aliphatic carbocycles. The molecule has 3 N–H and O–H groups in total. The number of aliphatic hydroxyl groups excluding tert-OH is 1. The Bertz CT molecular complexity index is 355. The third-order valence-electron chi connectivity index (χ3n) is 3.96. The van der Waals surface area contributed by atoms with Gasteiger partial charge in [0.25, 0.3) is 0 Å². The topological polar surface area (TPSA) is 49.5 Å². The van der Waals surface area contributed by atoms with E-state index in [0.29, 0.717) is 19.1 Å². The number of hydrogen-bond donors (Lipinski definition) is 2. The number of piperidine rings is 1. The zero-order valence-electron chi connectivity index (χ0n) is 11.1. The number of benzene rings is 1. The van der Waals surface area contributed by atoms with Gasteiger partial charge >= 0.3 is 0 Å². The molecule has 3 unspecified atom stereocenters. The van der Waals surface area contributed by atoms with E-state index in [0.717, 1.165) is 24.4 Å². The Kier molecular flexibility index (Phi) is 4.75. The number of likely N-dealkylation sites (tertiary alicyclic amines) is 1. The highest BCUT2D eigenvalue weighted by Crippen LogP contribution is 2.24. The quantitative estimate of drug-likeness (QED) is 0.854. The van der Waals surface area contributed by atoms with Crippen LogP contribution in [0.5, 0.6) is 0 Å². The molecule has 100 valence electrons. The Morgan fingerprint density at radius 2 is 2.11 bits per heavy atom. The van der Waals surface area contributed by atoms with Crippen molar-refractivity contribution < 1.29 is 5.11 Å². The van der Waals surface area contributed by atoms with Gasteiger partial charge in [0.2, 0.25) is 0 Å². The second-order valence-electron chi connectivity index (χ2n) is 5.44. The molecule has 2 rings (SSSR count). The van der Waals surface area contributed by atoms with Gasteiger partial charge in [-0.05, 0) is 30.9 Å². The van der Waals surface area contributed by atoms with Crippen LogP contribution in [0.4, 0.5) is 0 Å². The second kappa shape index (κ2) is 6.32. The van der Waals surface area contributed by atoms with Gasteiger partial charge in [0.15, 0.2) is 0 Å². The van der Waals surface area contributed by atoms with E-state index in [1.165, 1.54) is 6.42 Å². The van der Waals surface area contributed by atoms with Crippen LogP contribution in [0.3, 0.4) is 0 Å². The maximum atomic E-state index is 10.3. The fraction of sp³-hybridized carbons (Fsp3) is 0.600. The summed E-state index contributed by atoms with van der Waals surface area (Å²) >= 11 is 0. The lowest BCUT2D eigenvalue weighted by atomic mass is 9.92. The molecule has 0 spiro atoms. The molecule has 0 radical (unpaired) electrons. The number of β-amino-alcohol motifs (C(OH)–C–C–N with tert-alkyl or cyclic N) is 1. The zero-order valence-corrected chi connectivity index (χ0v) is 11.1. The van der Waals surface area contributed by atoms with Crippen molar-refractivity contribution >= 4 is 0 Å². The normalized spacial score (nSPS) is 27.1. The molecule has 1 fully saturated rings. The van der Waals surface area contributed by atoms with E-state index >= 15 is 0 Å². The van der Waals surface area contributed by atoms with Gasteiger partial charge in [-0.2, -0.15) is 0 Å². The Labute approximate surface area is 110 Å². The number of rotatable bonds is 4. The van der Waals surface area contributed by atoms with Crippen LogP contribution >= 0.6 is 0 Å². The largest absolute Gasteiger partial charge is 0.387 e. The fourth-order valence-electron chi connectivity index (χ4n) is 2.79. The SMILES string of the molecule is CC1CCN(CC(O)c2ccccc2)C(CN)C1. The smallest absolute Gasteiger partial charge is 0.0917 e. The van der Waals surface area contributed by atoms with Gasteiger partial charge in [0.1, 0.15) is 0 Å². The van der Waals surface area contributed by atoms with E-state index in [4.69, 9.17) is 5.73 Å². The zero-order chi connectivity index (χ0) is 13.0. The minimum absolute atomic E-state index is 0.409. The maximum Gasteiger partial charge on any atom is 0.0917 e. The van der Waals surface area contributed by atoms with E-state index < -0.39 is 6.10 Å². The van der Waals surface area contributed by atoms with Crippen LogP contribution in [0.25, 0.3) is 0 Å². The lowest BCUT2D eigenvalue weighted by Gasteiger charge is -2.39. The van der Waals surface area contributed by atoms with Gasteiger partial charge in [0.05, 0.1) is 6.10 Å². The summed E-state index contributed by atoms with van der Waals surface area (Å²) in [5.74, 6) is 0.753. The predicted octanol–water partition coefficient (Wildman–Crippen LogP) is 1.78. The summed E-state index contributed by atoms with van der Waals surface area (Å²) in [7, 11) is 0. The summed E-state index contributed by atoms with van der Waals surface area (Å²) in [6.07, 6.45) is 1.95. The van der Waals surface area contributed by atoms with Crippen molar-refractivity contribution in [1.82, 2.24) is 4.90 Å². The first kappa shape index (κ1) is 13.5. The van der Waals surface area contributed by atoms with Gasteiger partial charge in [0, 0.05) is 19.1 Å². The molecule has 1 aromatic rings. The molecule has 1 aliphatic rings. The predicted molar refractivity (Wildman–Crippen MR) is 74.2 cm³/mol. The van der Waals surface area contributed by atoms with Crippen LogP contribution in [-0.4, -0.2) is 35.7 Å². The fourth-order valence-corrected chi connectivity index (χ4v) is 2.79. The van der Waals surface area contributed by atoms with Crippen molar-refractivity contribution in [2.45, 2.75) is 31.9 Å². The summed E-state index contributed by atoms with van der Waals surface area (Å²) in [5.41, 5.74) is 6.84. The Morgan fingerprint density at radius 3 is 2.78 bits per heavy atom. The minimum atomic E-state index is -0.409. The Hall–Kier alpha value is -0.900. The Balaban J connectivity index is 1.96. The van der Waals surface area contributed by atoms with E-state index in [9.17, 15) is 5.11 Å². The minimum Gasteiger partial charge on any atom is -0.387 e. The van der Waals surface area contributed by atoms with Crippen molar-refractivity contribution in [2.24, 2.45) is 11.7 Å². The first-order valence-electron chi connectivity index (χ1n) is 6.88. The molecule has 1 saturated heterocycles. The van der Waals surface area contributed by atoms with Crippen molar-refractivity contribution in [2.75, 3.05) is 19.6 Å². The third kappa shape index (κ3) is 3.31. The van der Waals surface area contributed by atoms with E-state index in [2.05, 4.69) is 11.8 Å². The molecule has 0 bridgehead atoms. The molecule has 1 aromatic carbocycles. The van der Waals surface area contributed by atoms with Crippen molar-refractivity contribution in [1.29, 1.82) is 0 Å². The van der Waals surface area contributed by atoms with Gasteiger partial charge < -0.3 is 10.8 Å². The van der Waals surface area contributed by atoms with Gasteiger partial charge in [-0.25, -0.2) is 0 Å². The first-order valence-corrected chi connectivity index (χ1v) is 6.88. The first-order chi connectivity index (χ1) is 8.70. The lowest BCUT2D eigenvalue weighted by Crippen LogP contribution is -2.47. The average Bonchev–Trinajstić information content (AvgIpc) is 2.41. The van der Waals surface area contributed by atoms with Crippen molar-refractivity contribution in [3.63, 3.8) is 0 Å². The molecule has 0 aromatic heterocycles. The number of hydrogen-bond acceptors (Lipinski definition) is 3. The third-order valence-corrected chi connectivity index (χ3v) is 3.96. The molecule has 0 saturated carbocycles. The number of nitrogens with two attached hydrogens (primary N) is 1. The molecule has 0 amide bonds. The van der Waals surface area contributed by atoms with Crippen LogP contribution in [-0.2, 0) is 0 Å². The van der Waals surface area contributed by atoms with Crippen LogP contribution in [0.1, 0.15) is 31.4 Å². The highest BCUT2D eigenvalue weighted by molar-refractivity contribution is 5.17. The summed E-state index contributed by atoms with van der Waals surface area (Å²) in [6, 6.07) is 10.3. The van der Waals surface area contributed by atoms with Crippen LogP contribution in [0, 0.1) is 5.92 Å². The molecular formula is C15H24N2O. The second-order valence-corrected chi connectivity index (χ2v) is 5.44. The van der Waals surface area contributed by atoms with E-state index in [1.807, 2.05) is 30.3 Å². The highest BCUT2D eigenvalue weighted by Gasteiger charge is 2.26. The monoisotopic (exact) mass is 248 g/mol.